The number of hydrogen-bond donors (Lipinski definition) is 0. The molecule has 0 bridgehead atoms. The van der Waals surface area contributed by atoms with Gasteiger partial charge in [0.25, 0.3) is 0 Å². The fraction of sp³-hybridized carbons (Fsp3) is 0. The van der Waals surface area contributed by atoms with E-state index in [1.54, 1.807) is 0 Å². The zero-order valence-electron chi connectivity index (χ0n) is 23.9. The highest BCUT2D eigenvalue weighted by molar-refractivity contribution is 6.30. The van der Waals surface area contributed by atoms with Crippen LogP contribution in [0, 0.1) is 0 Å². The lowest BCUT2D eigenvalue weighted by molar-refractivity contribution is 0.467. The van der Waals surface area contributed by atoms with Gasteiger partial charge in [-0.1, -0.05) is 121 Å². The molecule has 7 rings (SSSR count). The number of benzene rings is 5. The molecule has 210 valence electrons. The van der Waals surface area contributed by atoms with Crippen molar-refractivity contribution in [1.82, 2.24) is 0 Å². The lowest BCUT2D eigenvalue weighted by Crippen LogP contribution is -2.02. The van der Waals surface area contributed by atoms with Gasteiger partial charge in [-0.25, -0.2) is 4.42 Å². The van der Waals surface area contributed by atoms with Gasteiger partial charge in [-0.3, -0.25) is 0 Å². The van der Waals surface area contributed by atoms with Crippen LogP contribution in [-0.2, 0) is 4.74 Å². The molecular weight excluding hydrogens is 560 g/mol. The maximum absolute atomic E-state index is 6.56. The third kappa shape index (κ3) is 5.89. The highest BCUT2D eigenvalue weighted by Gasteiger charge is 2.25. The van der Waals surface area contributed by atoms with Crippen LogP contribution < -0.4 is 0 Å². The summed E-state index contributed by atoms with van der Waals surface area (Å²) in [5, 5.41) is 0.684. The average Bonchev–Trinajstić information content (AvgIpc) is 3.10. The van der Waals surface area contributed by atoms with Gasteiger partial charge in [-0.05, 0) is 65.3 Å². The summed E-state index contributed by atoms with van der Waals surface area (Å²) in [6.45, 7) is 0. The Bertz CT molecular complexity index is 1880. The maximum Gasteiger partial charge on any atom is 0.361 e. The second-order valence-electron chi connectivity index (χ2n) is 10.5. The van der Waals surface area contributed by atoms with Crippen molar-refractivity contribution in [2.24, 2.45) is 0 Å². The molecule has 5 aromatic carbocycles. The van der Waals surface area contributed by atoms with Crippen LogP contribution in [0.25, 0.3) is 39.7 Å². The predicted molar refractivity (Wildman–Crippen MR) is 181 cm³/mol. The molecule has 0 radical (unpaired) electrons. The minimum absolute atomic E-state index is 0.684. The Hall–Kier alpha value is -5.44. The number of halogens is 1. The zero-order valence-corrected chi connectivity index (χ0v) is 24.6. The zero-order chi connectivity index (χ0) is 29.7. The minimum atomic E-state index is 0.684. The molecule has 6 aromatic rings. The summed E-state index contributed by atoms with van der Waals surface area (Å²) in [6.07, 6.45) is 4.25. The highest BCUT2D eigenvalue weighted by atomic mass is 35.5. The average molecular weight is 588 g/mol. The molecule has 0 spiro atoms. The van der Waals surface area contributed by atoms with Gasteiger partial charge in [0.15, 0.2) is 0 Å². The van der Waals surface area contributed by atoms with E-state index < -0.39 is 0 Å². The van der Waals surface area contributed by atoms with Crippen molar-refractivity contribution in [3.63, 3.8) is 0 Å². The molecule has 0 saturated carbocycles. The lowest BCUT2D eigenvalue weighted by atomic mass is 9.89. The van der Waals surface area contributed by atoms with E-state index >= 15 is 0 Å². The Labute approximate surface area is 262 Å². The molecule has 1 aromatic heterocycles. The Kier molecular flexibility index (Phi) is 7.74. The molecular formula is C41H28ClO2+. The molecule has 0 saturated heterocycles. The Morgan fingerprint density at radius 1 is 0.455 bits per heavy atom. The van der Waals surface area contributed by atoms with E-state index in [4.69, 9.17) is 20.8 Å². The van der Waals surface area contributed by atoms with Crippen molar-refractivity contribution >= 4 is 28.7 Å². The van der Waals surface area contributed by atoms with Crippen LogP contribution in [0.2, 0.25) is 5.02 Å². The quantitative estimate of drug-likeness (QED) is 0.181. The predicted octanol–water partition coefficient (Wildman–Crippen LogP) is 11.5. The minimum Gasteiger partial charge on any atom is -0.456 e. The van der Waals surface area contributed by atoms with E-state index in [1.165, 1.54) is 0 Å². The summed E-state index contributed by atoms with van der Waals surface area (Å²) in [4.78, 5) is 0. The van der Waals surface area contributed by atoms with Crippen LogP contribution in [0.1, 0.15) is 22.3 Å². The van der Waals surface area contributed by atoms with Crippen molar-refractivity contribution in [2.75, 3.05) is 0 Å². The van der Waals surface area contributed by atoms with Crippen molar-refractivity contribution < 1.29 is 9.15 Å². The van der Waals surface area contributed by atoms with Gasteiger partial charge >= 0.3 is 11.5 Å². The van der Waals surface area contributed by atoms with Crippen molar-refractivity contribution in [1.29, 1.82) is 0 Å². The van der Waals surface area contributed by atoms with E-state index in [2.05, 4.69) is 84.9 Å². The molecule has 0 unspecified atom stereocenters. The summed E-state index contributed by atoms with van der Waals surface area (Å²) in [7, 11) is 0. The number of rotatable bonds is 6. The Balaban J connectivity index is 1.53. The van der Waals surface area contributed by atoms with E-state index in [0.29, 0.717) is 5.02 Å². The van der Waals surface area contributed by atoms with Crippen molar-refractivity contribution in [3.05, 3.63) is 203 Å². The van der Waals surface area contributed by atoms with Gasteiger partial charge in [0.2, 0.25) is 0 Å². The molecule has 44 heavy (non-hydrogen) atoms. The van der Waals surface area contributed by atoms with Crippen LogP contribution >= 0.6 is 11.6 Å². The van der Waals surface area contributed by atoms with Gasteiger partial charge < -0.3 is 4.74 Å². The largest absolute Gasteiger partial charge is 0.456 e. The number of allylic oxidation sites excluding steroid dienone is 3. The van der Waals surface area contributed by atoms with Crippen LogP contribution in [0.3, 0.4) is 0 Å². The highest BCUT2D eigenvalue weighted by Crippen LogP contribution is 2.40. The molecule has 0 amide bonds. The molecule has 0 aliphatic carbocycles. The molecule has 0 fully saturated rings. The summed E-state index contributed by atoms with van der Waals surface area (Å²) in [5.41, 5.74) is 8.10. The fourth-order valence-corrected chi connectivity index (χ4v) is 5.51. The van der Waals surface area contributed by atoms with Crippen molar-refractivity contribution in [3.8, 4) is 22.6 Å². The first-order valence-corrected chi connectivity index (χ1v) is 14.9. The number of ether oxygens (including phenoxy) is 1. The molecule has 0 atom stereocenters. The second kappa shape index (κ2) is 12.4. The molecule has 1 aliphatic rings. The third-order valence-corrected chi connectivity index (χ3v) is 7.78. The second-order valence-corrected chi connectivity index (χ2v) is 10.9. The molecule has 2 nitrogen and oxygen atoms in total. The third-order valence-electron chi connectivity index (χ3n) is 7.53. The topological polar surface area (TPSA) is 20.5 Å². The maximum atomic E-state index is 6.56. The van der Waals surface area contributed by atoms with Crippen molar-refractivity contribution in [2.45, 2.75) is 0 Å². The number of hydrogen-bond acceptors (Lipinski definition) is 1. The summed E-state index contributed by atoms with van der Waals surface area (Å²) in [6, 6.07) is 53.1. The van der Waals surface area contributed by atoms with Crippen LogP contribution in [0.15, 0.2) is 180 Å². The van der Waals surface area contributed by atoms with Gasteiger partial charge in [-0.15, -0.1) is 0 Å². The summed E-state index contributed by atoms with van der Waals surface area (Å²) in [5.74, 6) is 3.11. The monoisotopic (exact) mass is 587 g/mol. The van der Waals surface area contributed by atoms with E-state index in [-0.39, 0.29) is 0 Å². The first kappa shape index (κ1) is 27.4. The molecule has 2 heterocycles. The first-order chi connectivity index (χ1) is 21.7. The normalized spacial score (nSPS) is 12.6. The Morgan fingerprint density at radius 2 is 0.864 bits per heavy atom. The lowest BCUT2D eigenvalue weighted by Gasteiger charge is -2.21. The van der Waals surface area contributed by atoms with Gasteiger partial charge in [0.05, 0.1) is 23.3 Å². The molecule has 3 heteroatoms. The van der Waals surface area contributed by atoms with Gasteiger partial charge in [-0.2, -0.15) is 0 Å². The van der Waals surface area contributed by atoms with E-state index in [9.17, 15) is 0 Å². The standard InChI is InChI=1S/C41H28ClO2/c42-36-23-21-33(22-24-36)41(34-25-37(29-13-5-1-6-14-29)43-38(26-34)30-15-7-2-8-16-30)35-27-39(31-17-9-3-10-18-31)44-40(28-35)32-19-11-4-12-20-32/h1-28H/q+1. The smallest absolute Gasteiger partial charge is 0.361 e. The van der Waals surface area contributed by atoms with Crippen LogP contribution in [0.5, 0.6) is 0 Å². The van der Waals surface area contributed by atoms with Crippen LogP contribution in [0.4, 0.5) is 0 Å². The van der Waals surface area contributed by atoms with Gasteiger partial charge in [0.1, 0.15) is 11.5 Å². The Morgan fingerprint density at radius 3 is 1.30 bits per heavy atom. The van der Waals surface area contributed by atoms with Gasteiger partial charge in [0, 0.05) is 21.7 Å². The summed E-state index contributed by atoms with van der Waals surface area (Å²) >= 11 is 6.39. The first-order valence-electron chi connectivity index (χ1n) is 14.5. The molecule has 1 aliphatic heterocycles. The summed E-state index contributed by atoms with van der Waals surface area (Å²) < 4.78 is 13.1. The SMILES string of the molecule is Clc1ccc(C(=C2C=C(c3ccccc3)OC(c3ccccc3)=C2)c2cc(-c3ccccc3)[o+]c(-c3ccccc3)c2)cc1. The van der Waals surface area contributed by atoms with E-state index in [0.717, 1.165) is 67.6 Å². The van der Waals surface area contributed by atoms with Crippen LogP contribution in [-0.4, -0.2) is 0 Å². The fourth-order valence-electron chi connectivity index (χ4n) is 5.39. The van der Waals surface area contributed by atoms with E-state index in [1.807, 2.05) is 84.9 Å². The molecule has 0 N–H and O–H groups in total.